The van der Waals surface area contributed by atoms with Crippen molar-refractivity contribution in [2.45, 2.75) is 25.2 Å². The minimum absolute atomic E-state index is 0.0278. The van der Waals surface area contributed by atoms with Crippen LogP contribution >= 0.6 is 10.7 Å². The minimum atomic E-state index is -3.78. The number of hydrogen-bond acceptors (Lipinski definition) is 3. The van der Waals surface area contributed by atoms with Crippen LogP contribution in [0.4, 0.5) is 0 Å². The fourth-order valence-electron chi connectivity index (χ4n) is 1.32. The van der Waals surface area contributed by atoms with Crippen molar-refractivity contribution in [3.8, 4) is 6.07 Å². The largest absolute Gasteiger partial charge is 0.261 e. The van der Waals surface area contributed by atoms with Crippen molar-refractivity contribution >= 4 is 19.7 Å². The molecule has 0 saturated carbocycles. The first-order valence-electron chi connectivity index (χ1n) is 4.38. The van der Waals surface area contributed by atoms with Crippen molar-refractivity contribution in [2.75, 3.05) is 0 Å². The Morgan fingerprint density at radius 3 is 2.47 bits per heavy atom. The standard InChI is InChI=1S/C10H10ClNO2S/c1-3-8-4-9(6-12)7(2)10(5-8)15(11,13)14/h4-5H,3H2,1-2H3. The highest BCUT2D eigenvalue weighted by Crippen LogP contribution is 2.24. The lowest BCUT2D eigenvalue weighted by Crippen LogP contribution is -1.99. The maximum absolute atomic E-state index is 11.2. The van der Waals surface area contributed by atoms with Gasteiger partial charge in [0.1, 0.15) is 0 Å². The van der Waals surface area contributed by atoms with E-state index in [-0.39, 0.29) is 4.90 Å². The number of hydrogen-bond donors (Lipinski definition) is 0. The minimum Gasteiger partial charge on any atom is -0.207 e. The van der Waals surface area contributed by atoms with Crippen LogP contribution in [0.5, 0.6) is 0 Å². The second kappa shape index (κ2) is 4.21. The Balaban J connectivity index is 3.61. The van der Waals surface area contributed by atoms with E-state index in [1.165, 1.54) is 6.07 Å². The van der Waals surface area contributed by atoms with Gasteiger partial charge in [0.15, 0.2) is 0 Å². The molecule has 0 heterocycles. The molecule has 0 aliphatic rings. The van der Waals surface area contributed by atoms with E-state index in [2.05, 4.69) is 0 Å². The first-order chi connectivity index (χ1) is 6.90. The number of nitrogens with zero attached hydrogens (tertiary/aromatic N) is 1. The van der Waals surface area contributed by atoms with Gasteiger partial charge in [0.05, 0.1) is 16.5 Å². The van der Waals surface area contributed by atoms with E-state index in [9.17, 15) is 8.42 Å². The molecular formula is C10H10ClNO2S. The highest BCUT2D eigenvalue weighted by molar-refractivity contribution is 8.13. The molecule has 0 aromatic heterocycles. The summed E-state index contributed by atoms with van der Waals surface area (Å²) in [6, 6.07) is 5.15. The Morgan fingerprint density at radius 2 is 2.07 bits per heavy atom. The quantitative estimate of drug-likeness (QED) is 0.750. The second-order valence-electron chi connectivity index (χ2n) is 3.17. The molecule has 0 saturated heterocycles. The Kier molecular flexibility index (Phi) is 3.38. The van der Waals surface area contributed by atoms with Crippen LogP contribution < -0.4 is 0 Å². The monoisotopic (exact) mass is 243 g/mol. The smallest absolute Gasteiger partial charge is 0.207 e. The Bertz CT molecular complexity index is 529. The maximum Gasteiger partial charge on any atom is 0.261 e. The topological polar surface area (TPSA) is 57.9 Å². The van der Waals surface area contributed by atoms with Gasteiger partial charge in [0.25, 0.3) is 9.05 Å². The molecule has 0 atom stereocenters. The molecule has 0 N–H and O–H groups in total. The molecule has 15 heavy (non-hydrogen) atoms. The van der Waals surface area contributed by atoms with Crippen LogP contribution in [0, 0.1) is 18.3 Å². The molecule has 3 nitrogen and oxygen atoms in total. The van der Waals surface area contributed by atoms with Crippen molar-refractivity contribution < 1.29 is 8.42 Å². The first kappa shape index (κ1) is 12.0. The fourth-order valence-corrected chi connectivity index (χ4v) is 2.57. The predicted molar refractivity (Wildman–Crippen MR) is 58.3 cm³/mol. The van der Waals surface area contributed by atoms with E-state index in [0.717, 1.165) is 5.56 Å². The molecule has 0 aliphatic carbocycles. The van der Waals surface area contributed by atoms with Gasteiger partial charge in [0.2, 0.25) is 0 Å². The summed E-state index contributed by atoms with van der Waals surface area (Å²) in [6.45, 7) is 3.46. The summed E-state index contributed by atoms with van der Waals surface area (Å²) in [6.07, 6.45) is 0.661. The third-order valence-electron chi connectivity index (χ3n) is 2.21. The second-order valence-corrected chi connectivity index (χ2v) is 5.70. The van der Waals surface area contributed by atoms with Crippen LogP contribution in [0.2, 0.25) is 0 Å². The van der Waals surface area contributed by atoms with Gasteiger partial charge in [0, 0.05) is 10.7 Å². The first-order valence-corrected chi connectivity index (χ1v) is 6.69. The zero-order chi connectivity index (χ0) is 11.6. The summed E-state index contributed by atoms with van der Waals surface area (Å²) in [5.41, 5.74) is 1.55. The SMILES string of the molecule is CCc1cc(C#N)c(C)c(S(=O)(=O)Cl)c1. The van der Waals surface area contributed by atoms with Crippen molar-refractivity contribution in [2.24, 2.45) is 0 Å². The van der Waals surface area contributed by atoms with Crippen LogP contribution in [0.1, 0.15) is 23.6 Å². The van der Waals surface area contributed by atoms with Gasteiger partial charge >= 0.3 is 0 Å². The van der Waals surface area contributed by atoms with Gasteiger partial charge in [-0.1, -0.05) is 6.92 Å². The van der Waals surface area contributed by atoms with Gasteiger partial charge in [-0.25, -0.2) is 8.42 Å². The molecule has 0 unspecified atom stereocenters. The van der Waals surface area contributed by atoms with Gasteiger partial charge in [-0.2, -0.15) is 5.26 Å². The Morgan fingerprint density at radius 1 is 1.47 bits per heavy atom. The zero-order valence-corrected chi connectivity index (χ0v) is 9.98. The van der Waals surface area contributed by atoms with Crippen LogP contribution in [0.15, 0.2) is 17.0 Å². The summed E-state index contributed by atoms with van der Waals surface area (Å²) in [5, 5.41) is 8.84. The average Bonchev–Trinajstić information content (AvgIpc) is 2.16. The van der Waals surface area contributed by atoms with Crippen LogP contribution in [-0.4, -0.2) is 8.42 Å². The van der Waals surface area contributed by atoms with Crippen molar-refractivity contribution in [3.05, 3.63) is 28.8 Å². The molecule has 1 aromatic carbocycles. The number of aryl methyl sites for hydroxylation is 1. The van der Waals surface area contributed by atoms with Gasteiger partial charge < -0.3 is 0 Å². The van der Waals surface area contributed by atoms with Gasteiger partial charge in [-0.05, 0) is 36.6 Å². The number of benzene rings is 1. The summed E-state index contributed by atoms with van der Waals surface area (Å²) >= 11 is 0. The number of rotatable bonds is 2. The Hall–Kier alpha value is -1.05. The average molecular weight is 244 g/mol. The molecule has 0 amide bonds. The summed E-state index contributed by atoms with van der Waals surface area (Å²) in [4.78, 5) is 0.0278. The van der Waals surface area contributed by atoms with Crippen molar-refractivity contribution in [1.82, 2.24) is 0 Å². The lowest BCUT2D eigenvalue weighted by Gasteiger charge is -2.06. The Labute approximate surface area is 93.7 Å². The van der Waals surface area contributed by atoms with Crippen LogP contribution in [-0.2, 0) is 15.5 Å². The summed E-state index contributed by atoms with van der Waals surface area (Å²) in [5.74, 6) is 0. The van der Waals surface area contributed by atoms with E-state index in [4.69, 9.17) is 15.9 Å². The number of nitriles is 1. The molecule has 0 fully saturated rings. The van der Waals surface area contributed by atoms with Crippen LogP contribution in [0.3, 0.4) is 0 Å². The molecule has 0 radical (unpaired) electrons. The third-order valence-corrected chi connectivity index (χ3v) is 3.66. The van der Waals surface area contributed by atoms with E-state index >= 15 is 0 Å². The molecule has 0 bridgehead atoms. The van der Waals surface area contributed by atoms with E-state index in [1.807, 2.05) is 13.0 Å². The predicted octanol–water partition coefficient (Wildman–Crippen LogP) is 2.36. The summed E-state index contributed by atoms with van der Waals surface area (Å²) in [7, 11) is 1.51. The third kappa shape index (κ3) is 2.49. The lowest BCUT2D eigenvalue weighted by molar-refractivity contribution is 0.609. The molecule has 1 rings (SSSR count). The molecule has 0 aliphatic heterocycles. The highest BCUT2D eigenvalue weighted by atomic mass is 35.7. The molecule has 5 heteroatoms. The summed E-state index contributed by atoms with van der Waals surface area (Å²) < 4.78 is 22.5. The van der Waals surface area contributed by atoms with E-state index in [1.54, 1.807) is 13.0 Å². The highest BCUT2D eigenvalue weighted by Gasteiger charge is 2.16. The zero-order valence-electron chi connectivity index (χ0n) is 8.41. The molecule has 0 spiro atoms. The van der Waals surface area contributed by atoms with Gasteiger partial charge in [-0.15, -0.1) is 0 Å². The normalized spacial score (nSPS) is 11.1. The van der Waals surface area contributed by atoms with Crippen LogP contribution in [0.25, 0.3) is 0 Å². The maximum atomic E-state index is 11.2. The lowest BCUT2D eigenvalue weighted by atomic mass is 10.0. The van der Waals surface area contributed by atoms with Gasteiger partial charge in [-0.3, -0.25) is 0 Å². The van der Waals surface area contributed by atoms with Crippen molar-refractivity contribution in [1.29, 1.82) is 5.26 Å². The molecular weight excluding hydrogens is 234 g/mol. The molecule has 80 valence electrons. The van der Waals surface area contributed by atoms with Crippen molar-refractivity contribution in [3.63, 3.8) is 0 Å². The number of halogens is 1. The van der Waals surface area contributed by atoms with E-state index in [0.29, 0.717) is 17.5 Å². The fraction of sp³-hybridized carbons (Fsp3) is 0.300. The molecule has 1 aromatic rings. The van der Waals surface area contributed by atoms with E-state index < -0.39 is 9.05 Å².